The number of nitrogens with zero attached hydrogens (tertiary/aromatic N) is 2. The Morgan fingerprint density at radius 3 is 2.12 bits per heavy atom. The van der Waals surface area contributed by atoms with Crippen LogP contribution in [0.1, 0.15) is 6.42 Å². The maximum absolute atomic E-state index is 11.9. The number of sulfone groups is 1. The summed E-state index contributed by atoms with van der Waals surface area (Å²) in [4.78, 5) is 34.7. The highest BCUT2D eigenvalue weighted by Gasteiger charge is 2.29. The van der Waals surface area contributed by atoms with Crippen LogP contribution in [0, 0.1) is 0 Å². The van der Waals surface area contributed by atoms with Crippen LogP contribution in [0.15, 0.2) is 39.4 Å². The molecule has 0 fully saturated rings. The van der Waals surface area contributed by atoms with Crippen LogP contribution >= 0.6 is 0 Å². The summed E-state index contributed by atoms with van der Waals surface area (Å²) in [5.41, 5.74) is 0.224. The molecule has 9 nitrogen and oxygen atoms in total. The van der Waals surface area contributed by atoms with Crippen molar-refractivity contribution in [3.8, 4) is 0 Å². The van der Waals surface area contributed by atoms with Gasteiger partial charge >= 0.3 is 11.9 Å². The number of ketones is 1. The number of azo groups is 1. The zero-order valence-corrected chi connectivity index (χ0v) is 14.1. The zero-order valence-electron chi connectivity index (χ0n) is 13.3. The van der Waals surface area contributed by atoms with Crippen LogP contribution in [0.3, 0.4) is 0 Å². The molecule has 0 radical (unpaired) electrons. The molecule has 10 heteroatoms. The smallest absolute Gasteiger partial charge is 0.340 e. The van der Waals surface area contributed by atoms with Gasteiger partial charge < -0.3 is 9.47 Å². The Kier molecular flexibility index (Phi) is 6.71. The lowest BCUT2D eigenvalue weighted by Gasteiger charge is -2.07. The van der Waals surface area contributed by atoms with E-state index in [0.29, 0.717) is 0 Å². The summed E-state index contributed by atoms with van der Waals surface area (Å²) in [6.45, 7) is 0. The Balaban J connectivity index is 2.97. The molecule has 0 aromatic heterocycles. The minimum absolute atomic E-state index is 0.0905. The van der Waals surface area contributed by atoms with Gasteiger partial charge in [-0.1, -0.05) is 0 Å². The molecule has 0 amide bonds. The first-order valence-corrected chi connectivity index (χ1v) is 8.46. The first-order chi connectivity index (χ1) is 11.2. The van der Waals surface area contributed by atoms with Crippen molar-refractivity contribution in [1.29, 1.82) is 0 Å². The molecule has 0 saturated heterocycles. The Morgan fingerprint density at radius 1 is 1.08 bits per heavy atom. The summed E-state index contributed by atoms with van der Waals surface area (Å²) < 4.78 is 31.5. The largest absolute Gasteiger partial charge is 0.469 e. The summed E-state index contributed by atoms with van der Waals surface area (Å²) >= 11 is 0. The van der Waals surface area contributed by atoms with E-state index >= 15 is 0 Å². The summed E-state index contributed by atoms with van der Waals surface area (Å²) in [6.07, 6.45) is 0.407. The van der Waals surface area contributed by atoms with Crippen molar-refractivity contribution >= 4 is 33.2 Å². The molecule has 0 aliphatic heterocycles. The molecular formula is C14H16N2O7S. The SMILES string of the molecule is COC(=O)CC(=O)C(N=Nc1ccc(S(C)(=O)=O)cc1)C(=O)OC. The molecular weight excluding hydrogens is 340 g/mol. The van der Waals surface area contributed by atoms with Gasteiger partial charge in [0.25, 0.3) is 0 Å². The topological polar surface area (TPSA) is 129 Å². The molecule has 130 valence electrons. The predicted molar refractivity (Wildman–Crippen MR) is 81.5 cm³/mol. The third-order valence-corrected chi connectivity index (χ3v) is 3.96. The van der Waals surface area contributed by atoms with Gasteiger partial charge in [-0.15, -0.1) is 0 Å². The van der Waals surface area contributed by atoms with Gasteiger partial charge in [-0.05, 0) is 24.3 Å². The minimum atomic E-state index is -3.35. The number of rotatable bonds is 7. The molecule has 0 aliphatic carbocycles. The monoisotopic (exact) mass is 356 g/mol. The molecule has 1 atom stereocenters. The van der Waals surface area contributed by atoms with Crippen molar-refractivity contribution in [2.24, 2.45) is 10.2 Å². The zero-order chi connectivity index (χ0) is 18.3. The lowest BCUT2D eigenvalue weighted by atomic mass is 10.1. The van der Waals surface area contributed by atoms with Crippen molar-refractivity contribution in [3.05, 3.63) is 24.3 Å². The van der Waals surface area contributed by atoms with Crippen molar-refractivity contribution < 1.29 is 32.3 Å². The van der Waals surface area contributed by atoms with Crippen LogP contribution < -0.4 is 0 Å². The van der Waals surface area contributed by atoms with E-state index in [-0.39, 0.29) is 10.6 Å². The first-order valence-electron chi connectivity index (χ1n) is 6.57. The highest BCUT2D eigenvalue weighted by Crippen LogP contribution is 2.17. The number of methoxy groups -OCH3 is 2. The number of hydrogen-bond donors (Lipinski definition) is 0. The van der Waals surface area contributed by atoms with E-state index in [4.69, 9.17) is 0 Å². The Bertz CT molecular complexity index is 754. The molecule has 0 aliphatic rings. The second kappa shape index (κ2) is 8.29. The summed E-state index contributed by atoms with van der Waals surface area (Å²) in [7, 11) is -1.18. The van der Waals surface area contributed by atoms with E-state index in [9.17, 15) is 22.8 Å². The molecule has 0 N–H and O–H groups in total. The van der Waals surface area contributed by atoms with Gasteiger partial charge in [0.05, 0.1) is 24.8 Å². The quantitative estimate of drug-likeness (QED) is 0.402. The van der Waals surface area contributed by atoms with E-state index in [1.165, 1.54) is 24.3 Å². The van der Waals surface area contributed by atoms with Crippen molar-refractivity contribution in [1.82, 2.24) is 0 Å². The molecule has 1 aromatic carbocycles. The second-order valence-electron chi connectivity index (χ2n) is 4.63. The number of benzene rings is 1. The van der Waals surface area contributed by atoms with E-state index in [0.717, 1.165) is 20.5 Å². The first kappa shape index (κ1) is 19.4. The molecule has 24 heavy (non-hydrogen) atoms. The van der Waals surface area contributed by atoms with Gasteiger partial charge in [0, 0.05) is 6.26 Å². The number of ether oxygens (including phenoxy) is 2. The van der Waals surface area contributed by atoms with Crippen LogP contribution in [0.2, 0.25) is 0 Å². The van der Waals surface area contributed by atoms with E-state index in [1.54, 1.807) is 0 Å². The van der Waals surface area contributed by atoms with Gasteiger partial charge in [-0.25, -0.2) is 13.2 Å². The molecule has 1 rings (SSSR count). The van der Waals surface area contributed by atoms with Crippen molar-refractivity contribution in [2.45, 2.75) is 17.4 Å². The maximum atomic E-state index is 11.9. The number of hydrogen-bond acceptors (Lipinski definition) is 9. The molecule has 0 spiro atoms. The third kappa shape index (κ3) is 5.54. The van der Waals surface area contributed by atoms with E-state index in [1.807, 2.05) is 0 Å². The number of carbonyl (C=O) groups excluding carboxylic acids is 3. The van der Waals surface area contributed by atoms with Gasteiger partial charge in [0.2, 0.25) is 6.04 Å². The Hall–Kier alpha value is -2.62. The van der Waals surface area contributed by atoms with Gasteiger partial charge in [0.15, 0.2) is 15.6 Å². The highest BCUT2D eigenvalue weighted by molar-refractivity contribution is 7.90. The maximum Gasteiger partial charge on any atom is 0.340 e. The third-order valence-electron chi connectivity index (χ3n) is 2.83. The standard InChI is InChI=1S/C14H16N2O7S/c1-22-12(18)8-11(17)13(14(19)23-2)16-15-9-4-6-10(7-5-9)24(3,20)21/h4-7,13H,8H2,1-3H3. The second-order valence-corrected chi connectivity index (χ2v) is 6.64. The van der Waals surface area contributed by atoms with Gasteiger partial charge in [0.1, 0.15) is 6.42 Å². The predicted octanol–water partition coefficient (Wildman–Crippen LogP) is 0.848. The van der Waals surface area contributed by atoms with E-state index < -0.39 is 40.0 Å². The summed E-state index contributed by atoms with van der Waals surface area (Å²) in [5.74, 6) is -2.62. The summed E-state index contributed by atoms with van der Waals surface area (Å²) in [5, 5.41) is 7.30. The van der Waals surface area contributed by atoms with Crippen molar-refractivity contribution in [3.63, 3.8) is 0 Å². The number of esters is 2. The van der Waals surface area contributed by atoms with Gasteiger partial charge in [-0.2, -0.15) is 10.2 Å². The molecule has 0 heterocycles. The fourth-order valence-electron chi connectivity index (χ4n) is 1.55. The fraction of sp³-hybridized carbons (Fsp3) is 0.357. The Morgan fingerprint density at radius 2 is 1.67 bits per heavy atom. The lowest BCUT2D eigenvalue weighted by molar-refractivity contribution is -0.148. The molecule has 0 bridgehead atoms. The molecule has 0 saturated carbocycles. The van der Waals surface area contributed by atoms with Crippen LogP contribution in [-0.2, 0) is 33.7 Å². The highest BCUT2D eigenvalue weighted by atomic mass is 32.2. The number of carbonyl (C=O) groups is 3. The lowest BCUT2D eigenvalue weighted by Crippen LogP contribution is -2.31. The van der Waals surface area contributed by atoms with Crippen LogP contribution in [0.4, 0.5) is 5.69 Å². The fourth-order valence-corrected chi connectivity index (χ4v) is 2.18. The average molecular weight is 356 g/mol. The average Bonchev–Trinajstić information content (AvgIpc) is 2.54. The molecule has 1 unspecified atom stereocenters. The normalized spacial score (nSPS) is 12.6. The van der Waals surface area contributed by atoms with Gasteiger partial charge in [-0.3, -0.25) is 9.59 Å². The minimum Gasteiger partial charge on any atom is -0.469 e. The van der Waals surface area contributed by atoms with Crippen LogP contribution in [0.25, 0.3) is 0 Å². The summed E-state index contributed by atoms with van der Waals surface area (Å²) in [6, 6.07) is 3.74. The van der Waals surface area contributed by atoms with Crippen LogP contribution in [-0.4, -0.2) is 52.7 Å². The van der Waals surface area contributed by atoms with Crippen LogP contribution in [0.5, 0.6) is 0 Å². The Labute approximate surface area is 138 Å². The number of Topliss-reactive ketones (excluding diaryl/α,β-unsaturated/α-hetero) is 1. The van der Waals surface area contributed by atoms with Crippen molar-refractivity contribution in [2.75, 3.05) is 20.5 Å². The van der Waals surface area contributed by atoms with E-state index in [2.05, 4.69) is 19.7 Å². The molecule has 1 aromatic rings.